The monoisotopic (exact) mass is 525 g/mol. The maximum atomic E-state index is 13.4. The highest BCUT2D eigenvalue weighted by molar-refractivity contribution is 7.16. The Hall–Kier alpha value is -1.59. The first kappa shape index (κ1) is 27.7. The maximum absolute atomic E-state index is 13.4. The van der Waals surface area contributed by atoms with Crippen molar-refractivity contribution in [2.75, 3.05) is 45.2 Å². The van der Waals surface area contributed by atoms with Crippen molar-refractivity contribution in [1.82, 2.24) is 14.8 Å². The van der Waals surface area contributed by atoms with Crippen LogP contribution >= 0.6 is 36.2 Å². The van der Waals surface area contributed by atoms with Gasteiger partial charge in [0.15, 0.2) is 5.84 Å². The summed E-state index contributed by atoms with van der Waals surface area (Å²) in [4.78, 5) is 13.3. The van der Waals surface area contributed by atoms with Crippen molar-refractivity contribution in [1.29, 1.82) is 0 Å². The Morgan fingerprint density at radius 3 is 2.67 bits per heavy atom. The van der Waals surface area contributed by atoms with Crippen molar-refractivity contribution < 1.29 is 17.9 Å². The van der Waals surface area contributed by atoms with Crippen molar-refractivity contribution in [3.8, 4) is 0 Å². The van der Waals surface area contributed by atoms with E-state index in [1.165, 1.54) is 0 Å². The van der Waals surface area contributed by atoms with E-state index in [2.05, 4.69) is 27.0 Å². The van der Waals surface area contributed by atoms with Crippen molar-refractivity contribution >= 4 is 58.4 Å². The molecule has 1 fully saturated rings. The molecule has 1 saturated heterocycles. The molecule has 6 nitrogen and oxygen atoms in total. The largest absolute Gasteiger partial charge is 0.443 e. The number of ether oxygens (including phenoxy) is 1. The van der Waals surface area contributed by atoms with E-state index in [0.717, 1.165) is 25.9 Å². The van der Waals surface area contributed by atoms with Gasteiger partial charge in [-0.2, -0.15) is 13.2 Å². The second-order valence-corrected chi connectivity index (χ2v) is 8.69. The van der Waals surface area contributed by atoms with E-state index in [0.29, 0.717) is 53.2 Å². The van der Waals surface area contributed by atoms with Crippen LogP contribution in [0, 0.1) is 0 Å². The van der Waals surface area contributed by atoms with Gasteiger partial charge in [0, 0.05) is 39.4 Å². The molecule has 1 aromatic heterocycles. The zero-order valence-corrected chi connectivity index (χ0v) is 20.8. The molecule has 0 bridgehead atoms. The third-order valence-corrected chi connectivity index (χ3v) is 6.55. The van der Waals surface area contributed by atoms with Gasteiger partial charge in [0.2, 0.25) is 5.01 Å². The lowest BCUT2D eigenvalue weighted by Crippen LogP contribution is -2.55. The fourth-order valence-corrected chi connectivity index (χ4v) is 4.90. The molecule has 2 aliphatic heterocycles. The van der Waals surface area contributed by atoms with Crippen LogP contribution in [0.25, 0.3) is 0 Å². The summed E-state index contributed by atoms with van der Waals surface area (Å²) in [5, 5.41) is 2.64. The van der Waals surface area contributed by atoms with Gasteiger partial charge >= 0.3 is 6.18 Å². The van der Waals surface area contributed by atoms with E-state index >= 15 is 0 Å². The van der Waals surface area contributed by atoms with Crippen LogP contribution in [0.4, 0.5) is 29.5 Å². The Morgan fingerprint density at radius 1 is 1.21 bits per heavy atom. The number of methoxy groups -OCH3 is 1. The molecule has 33 heavy (non-hydrogen) atoms. The van der Waals surface area contributed by atoms with Crippen molar-refractivity contribution in [3.63, 3.8) is 0 Å². The molecular weight excluding hydrogens is 498 g/mol. The number of nitrogens with zero attached hydrogens (tertiary/aromatic N) is 4. The Kier molecular flexibility index (Phi) is 9.81. The molecule has 0 saturated carbocycles. The van der Waals surface area contributed by atoms with Crippen molar-refractivity contribution in [2.24, 2.45) is 4.99 Å². The number of aromatic nitrogens is 1. The van der Waals surface area contributed by atoms with Crippen LogP contribution in [0.2, 0.25) is 0 Å². The fraction of sp³-hybridized carbons (Fsp3) is 0.524. The van der Waals surface area contributed by atoms with E-state index in [1.54, 1.807) is 7.11 Å². The number of fused-ring (bicyclic) bond motifs is 2. The SMILES string of the molecule is CCCN1CCN(C2=Nc3ccccc3Nc3sc(C(F)(F)F)nc32)C[C@@H]1CCOC.Cl.Cl. The molecule has 0 unspecified atom stereocenters. The van der Waals surface area contributed by atoms with Crippen LogP contribution in [-0.4, -0.2) is 66.6 Å². The fourth-order valence-electron chi connectivity index (χ4n) is 4.06. The number of thiazole rings is 1. The summed E-state index contributed by atoms with van der Waals surface area (Å²) in [6, 6.07) is 7.63. The summed E-state index contributed by atoms with van der Waals surface area (Å²) in [7, 11) is 1.68. The third kappa shape index (κ3) is 6.10. The number of piperazine rings is 1. The lowest BCUT2D eigenvalue weighted by molar-refractivity contribution is -0.137. The quantitative estimate of drug-likeness (QED) is 0.552. The highest BCUT2D eigenvalue weighted by Gasteiger charge is 2.39. The summed E-state index contributed by atoms with van der Waals surface area (Å²) in [5.41, 5.74) is 1.64. The van der Waals surface area contributed by atoms with E-state index in [4.69, 9.17) is 9.73 Å². The standard InChI is InChI=1S/C21H26F3N5OS.2ClH/c1-3-9-28-10-11-29(13-14(28)8-12-30-2)18-17-19(31-20(27-17)21(22,23)24)26-16-7-5-4-6-15(16)25-18;;/h4-7,14,26H,3,8-13H2,1-2H3;2*1H/t14-;;/m0../s1. The van der Waals surface area contributed by atoms with E-state index in [-0.39, 0.29) is 36.5 Å². The molecule has 3 heterocycles. The number of alkyl halides is 3. The number of amidine groups is 1. The first-order chi connectivity index (χ1) is 14.9. The van der Waals surface area contributed by atoms with Gasteiger partial charge in [0.1, 0.15) is 10.7 Å². The van der Waals surface area contributed by atoms with E-state index in [9.17, 15) is 13.2 Å². The number of hydrogen-bond donors (Lipinski definition) is 1. The number of aliphatic imine (C=N–C) groups is 1. The van der Waals surface area contributed by atoms with Gasteiger partial charge in [0.05, 0.1) is 11.4 Å². The second-order valence-electron chi connectivity index (χ2n) is 7.69. The Labute approximate surface area is 208 Å². The van der Waals surface area contributed by atoms with Crippen LogP contribution in [-0.2, 0) is 10.9 Å². The predicted molar refractivity (Wildman–Crippen MR) is 131 cm³/mol. The number of para-hydroxylation sites is 2. The van der Waals surface area contributed by atoms with Crippen LogP contribution in [0.3, 0.4) is 0 Å². The van der Waals surface area contributed by atoms with Crippen molar-refractivity contribution in [2.45, 2.75) is 32.0 Å². The smallest absolute Gasteiger partial charge is 0.385 e. The molecule has 1 atom stereocenters. The van der Waals surface area contributed by atoms with Gasteiger partial charge in [-0.15, -0.1) is 24.8 Å². The third-order valence-electron chi connectivity index (χ3n) is 5.53. The van der Waals surface area contributed by atoms with Crippen LogP contribution < -0.4 is 5.32 Å². The molecule has 0 amide bonds. The average Bonchev–Trinajstić information content (AvgIpc) is 3.10. The van der Waals surface area contributed by atoms with Gasteiger partial charge in [-0.1, -0.05) is 30.4 Å². The average molecular weight is 526 g/mol. The maximum Gasteiger partial charge on any atom is 0.443 e. The lowest BCUT2D eigenvalue weighted by Gasteiger charge is -2.42. The Bertz CT molecular complexity index is 956. The molecule has 184 valence electrons. The number of nitrogens with one attached hydrogen (secondary N) is 1. The molecule has 1 aromatic carbocycles. The molecule has 12 heteroatoms. The van der Waals surface area contributed by atoms with Crippen LogP contribution in [0.15, 0.2) is 29.3 Å². The number of rotatable bonds is 5. The van der Waals surface area contributed by atoms with Gasteiger partial charge < -0.3 is 15.0 Å². The molecule has 1 N–H and O–H groups in total. The Morgan fingerprint density at radius 2 is 1.97 bits per heavy atom. The molecule has 2 aliphatic rings. The first-order valence-corrected chi connectivity index (χ1v) is 11.2. The predicted octanol–water partition coefficient (Wildman–Crippen LogP) is 5.57. The summed E-state index contributed by atoms with van der Waals surface area (Å²) < 4.78 is 45.6. The minimum Gasteiger partial charge on any atom is -0.385 e. The molecule has 0 spiro atoms. The zero-order chi connectivity index (χ0) is 22.0. The minimum atomic E-state index is -4.50. The topological polar surface area (TPSA) is 53.0 Å². The minimum absolute atomic E-state index is 0. The molecule has 0 radical (unpaired) electrons. The molecule has 4 rings (SSSR count). The number of anilines is 2. The van der Waals surface area contributed by atoms with Crippen LogP contribution in [0.1, 0.15) is 30.5 Å². The first-order valence-electron chi connectivity index (χ1n) is 10.4. The lowest BCUT2D eigenvalue weighted by atomic mass is 10.1. The van der Waals surface area contributed by atoms with Gasteiger partial charge in [-0.3, -0.25) is 4.90 Å². The number of benzene rings is 1. The molecule has 0 aliphatic carbocycles. The van der Waals surface area contributed by atoms with Crippen molar-refractivity contribution in [3.05, 3.63) is 35.0 Å². The number of hydrogen-bond acceptors (Lipinski definition) is 7. The summed E-state index contributed by atoms with van der Waals surface area (Å²) in [5.74, 6) is 0.498. The Balaban J connectivity index is 0.00000193. The number of halogens is 5. The summed E-state index contributed by atoms with van der Waals surface area (Å²) >= 11 is 0.625. The summed E-state index contributed by atoms with van der Waals surface area (Å²) in [6.07, 6.45) is -2.59. The normalized spacial score (nSPS) is 18.2. The van der Waals surface area contributed by atoms with Gasteiger partial charge in [-0.25, -0.2) is 9.98 Å². The highest BCUT2D eigenvalue weighted by atomic mass is 35.5. The summed E-state index contributed by atoms with van der Waals surface area (Å²) in [6.45, 7) is 5.94. The second kappa shape index (κ2) is 11.7. The van der Waals surface area contributed by atoms with E-state index < -0.39 is 11.2 Å². The van der Waals surface area contributed by atoms with E-state index in [1.807, 2.05) is 24.3 Å². The van der Waals surface area contributed by atoms with Crippen LogP contribution in [0.5, 0.6) is 0 Å². The molecule has 2 aromatic rings. The highest BCUT2D eigenvalue weighted by Crippen LogP contribution is 2.42. The zero-order valence-electron chi connectivity index (χ0n) is 18.4. The molecular formula is C21H28Cl2F3N5OS. The van der Waals surface area contributed by atoms with Gasteiger partial charge in [-0.05, 0) is 31.5 Å². The van der Waals surface area contributed by atoms with Gasteiger partial charge in [0.25, 0.3) is 0 Å².